The maximum absolute atomic E-state index is 11.9. The summed E-state index contributed by atoms with van der Waals surface area (Å²) in [5.74, 6) is 0.0774. The Balaban J connectivity index is 2.77. The molecule has 0 saturated carbocycles. The van der Waals surface area contributed by atoms with E-state index in [2.05, 4.69) is 38.2 Å². The van der Waals surface area contributed by atoms with Gasteiger partial charge in [0.25, 0.3) is 0 Å². The van der Waals surface area contributed by atoms with E-state index in [-0.39, 0.29) is 16.9 Å². The zero-order valence-corrected chi connectivity index (χ0v) is 12.4. The highest BCUT2D eigenvalue weighted by molar-refractivity contribution is 5.79. The summed E-state index contributed by atoms with van der Waals surface area (Å²) >= 11 is 0. The van der Waals surface area contributed by atoms with Gasteiger partial charge in [-0.05, 0) is 37.3 Å². The standard InChI is InChI=1S/C16H25NO/c1-15(2,3)13-9-7-8-12(10-13)11-14(18)17-16(4,5)6/h7-10H,11H2,1-6H3,(H,17,18). The van der Waals surface area contributed by atoms with Crippen molar-refractivity contribution < 1.29 is 4.79 Å². The van der Waals surface area contributed by atoms with Crippen molar-refractivity contribution in [2.75, 3.05) is 0 Å². The van der Waals surface area contributed by atoms with Gasteiger partial charge in [-0.25, -0.2) is 0 Å². The summed E-state index contributed by atoms with van der Waals surface area (Å²) in [5, 5.41) is 2.99. The first-order valence-electron chi connectivity index (χ1n) is 6.48. The second-order valence-electron chi connectivity index (χ2n) is 6.93. The second-order valence-corrected chi connectivity index (χ2v) is 6.93. The van der Waals surface area contributed by atoms with Gasteiger partial charge in [-0.2, -0.15) is 0 Å². The molecule has 0 spiro atoms. The van der Waals surface area contributed by atoms with Gasteiger partial charge in [0.1, 0.15) is 0 Å². The molecule has 100 valence electrons. The van der Waals surface area contributed by atoms with E-state index in [4.69, 9.17) is 0 Å². The van der Waals surface area contributed by atoms with Gasteiger partial charge in [0, 0.05) is 5.54 Å². The lowest BCUT2D eigenvalue weighted by Crippen LogP contribution is -2.41. The summed E-state index contributed by atoms with van der Waals surface area (Å²) in [7, 11) is 0. The fourth-order valence-electron chi connectivity index (χ4n) is 1.80. The molecule has 1 aromatic rings. The smallest absolute Gasteiger partial charge is 0.224 e. The summed E-state index contributed by atoms with van der Waals surface area (Å²) in [4.78, 5) is 11.9. The Hall–Kier alpha value is -1.31. The van der Waals surface area contributed by atoms with Gasteiger partial charge in [-0.3, -0.25) is 4.79 Å². The third kappa shape index (κ3) is 4.91. The van der Waals surface area contributed by atoms with Crippen molar-refractivity contribution in [3.05, 3.63) is 35.4 Å². The van der Waals surface area contributed by atoms with Crippen LogP contribution >= 0.6 is 0 Å². The van der Waals surface area contributed by atoms with Gasteiger partial charge >= 0.3 is 0 Å². The van der Waals surface area contributed by atoms with Gasteiger partial charge in [0.05, 0.1) is 6.42 Å². The molecule has 0 saturated heterocycles. The fraction of sp³-hybridized carbons (Fsp3) is 0.562. The maximum atomic E-state index is 11.9. The van der Waals surface area contributed by atoms with Crippen LogP contribution in [-0.2, 0) is 16.6 Å². The molecule has 0 heterocycles. The van der Waals surface area contributed by atoms with Crippen molar-refractivity contribution in [3.8, 4) is 0 Å². The van der Waals surface area contributed by atoms with Crippen LogP contribution in [0.2, 0.25) is 0 Å². The van der Waals surface area contributed by atoms with E-state index in [0.29, 0.717) is 6.42 Å². The van der Waals surface area contributed by atoms with Gasteiger partial charge < -0.3 is 5.32 Å². The van der Waals surface area contributed by atoms with Gasteiger partial charge in [-0.1, -0.05) is 45.0 Å². The number of hydrogen-bond acceptors (Lipinski definition) is 1. The first-order valence-corrected chi connectivity index (χ1v) is 6.48. The zero-order valence-electron chi connectivity index (χ0n) is 12.4. The molecule has 0 unspecified atom stereocenters. The fourth-order valence-corrected chi connectivity index (χ4v) is 1.80. The normalized spacial score (nSPS) is 12.3. The maximum Gasteiger partial charge on any atom is 0.224 e. The molecule has 0 radical (unpaired) electrons. The van der Waals surface area contributed by atoms with Gasteiger partial charge in [-0.15, -0.1) is 0 Å². The van der Waals surface area contributed by atoms with Crippen molar-refractivity contribution in [1.29, 1.82) is 0 Å². The molecular weight excluding hydrogens is 222 g/mol. The van der Waals surface area contributed by atoms with Crippen LogP contribution in [0.3, 0.4) is 0 Å². The van der Waals surface area contributed by atoms with Crippen molar-refractivity contribution >= 4 is 5.91 Å². The molecule has 1 aromatic carbocycles. The predicted molar refractivity (Wildman–Crippen MR) is 76.7 cm³/mol. The molecule has 1 N–H and O–H groups in total. The number of rotatable bonds is 2. The number of amides is 1. The second kappa shape index (κ2) is 5.13. The van der Waals surface area contributed by atoms with Crippen molar-refractivity contribution in [1.82, 2.24) is 5.32 Å². The van der Waals surface area contributed by atoms with Crippen molar-refractivity contribution in [3.63, 3.8) is 0 Å². The highest BCUT2D eigenvalue weighted by Crippen LogP contribution is 2.22. The molecule has 1 rings (SSSR count). The number of carbonyl (C=O) groups excluding carboxylic acids is 1. The molecule has 18 heavy (non-hydrogen) atoms. The largest absolute Gasteiger partial charge is 0.351 e. The van der Waals surface area contributed by atoms with E-state index in [0.717, 1.165) is 5.56 Å². The first kappa shape index (κ1) is 14.7. The average molecular weight is 247 g/mol. The summed E-state index contributed by atoms with van der Waals surface area (Å²) in [6.45, 7) is 12.5. The number of hydrogen-bond donors (Lipinski definition) is 1. The minimum atomic E-state index is -0.168. The van der Waals surface area contributed by atoms with Crippen LogP contribution in [0.25, 0.3) is 0 Å². The third-order valence-electron chi connectivity index (χ3n) is 2.67. The summed E-state index contributed by atoms with van der Waals surface area (Å²) in [5.41, 5.74) is 2.29. The molecule has 0 aliphatic carbocycles. The Morgan fingerprint density at radius 2 is 1.72 bits per heavy atom. The predicted octanol–water partition coefficient (Wildman–Crippen LogP) is 3.44. The molecule has 0 aromatic heterocycles. The van der Waals surface area contributed by atoms with Crippen molar-refractivity contribution in [2.45, 2.75) is 58.9 Å². The molecule has 2 nitrogen and oxygen atoms in total. The van der Waals surface area contributed by atoms with E-state index < -0.39 is 0 Å². The summed E-state index contributed by atoms with van der Waals surface area (Å²) in [6, 6.07) is 8.28. The topological polar surface area (TPSA) is 29.1 Å². The van der Waals surface area contributed by atoms with E-state index >= 15 is 0 Å². The Labute approximate surface area is 111 Å². The summed E-state index contributed by atoms with van der Waals surface area (Å²) < 4.78 is 0. The van der Waals surface area contributed by atoms with Gasteiger partial charge in [0.15, 0.2) is 0 Å². The Morgan fingerprint density at radius 1 is 1.11 bits per heavy atom. The van der Waals surface area contributed by atoms with E-state index in [1.807, 2.05) is 32.9 Å². The number of nitrogens with one attached hydrogen (secondary N) is 1. The molecule has 0 fully saturated rings. The molecule has 0 atom stereocenters. The molecular formula is C16H25NO. The van der Waals surface area contributed by atoms with Crippen LogP contribution in [0.15, 0.2) is 24.3 Å². The lowest BCUT2D eigenvalue weighted by molar-refractivity contribution is -0.121. The van der Waals surface area contributed by atoms with Crippen LogP contribution in [-0.4, -0.2) is 11.4 Å². The minimum absolute atomic E-state index is 0.0774. The Morgan fingerprint density at radius 3 is 2.22 bits per heavy atom. The van der Waals surface area contributed by atoms with Crippen LogP contribution in [0.5, 0.6) is 0 Å². The first-order chi connectivity index (χ1) is 8.08. The third-order valence-corrected chi connectivity index (χ3v) is 2.67. The van der Waals surface area contributed by atoms with Crippen LogP contribution in [0.1, 0.15) is 52.7 Å². The highest BCUT2D eigenvalue weighted by Gasteiger charge is 2.16. The zero-order chi connectivity index (χ0) is 14.0. The highest BCUT2D eigenvalue weighted by atomic mass is 16.1. The quantitative estimate of drug-likeness (QED) is 0.852. The van der Waals surface area contributed by atoms with E-state index in [1.54, 1.807) is 0 Å². The summed E-state index contributed by atoms with van der Waals surface area (Å²) in [6.07, 6.45) is 0.446. The van der Waals surface area contributed by atoms with E-state index in [1.165, 1.54) is 5.56 Å². The number of carbonyl (C=O) groups is 1. The Kier molecular flexibility index (Phi) is 4.20. The monoisotopic (exact) mass is 247 g/mol. The lowest BCUT2D eigenvalue weighted by atomic mass is 9.86. The van der Waals surface area contributed by atoms with Crippen LogP contribution in [0.4, 0.5) is 0 Å². The van der Waals surface area contributed by atoms with E-state index in [9.17, 15) is 4.79 Å². The van der Waals surface area contributed by atoms with Crippen LogP contribution in [0, 0.1) is 0 Å². The average Bonchev–Trinajstić information content (AvgIpc) is 2.13. The molecule has 1 amide bonds. The minimum Gasteiger partial charge on any atom is -0.351 e. The molecule has 0 aliphatic heterocycles. The molecule has 0 bridgehead atoms. The van der Waals surface area contributed by atoms with Gasteiger partial charge in [0.2, 0.25) is 5.91 Å². The van der Waals surface area contributed by atoms with Crippen LogP contribution < -0.4 is 5.32 Å². The Bertz CT molecular complexity index is 421. The molecule has 2 heteroatoms. The SMILES string of the molecule is CC(C)(C)NC(=O)Cc1cccc(C(C)(C)C)c1. The molecule has 0 aliphatic rings. The number of benzene rings is 1. The lowest BCUT2D eigenvalue weighted by Gasteiger charge is -2.22. The van der Waals surface area contributed by atoms with Crippen molar-refractivity contribution in [2.24, 2.45) is 0 Å².